The number of hydrogen-bond donors (Lipinski definition) is 0. The van der Waals surface area contributed by atoms with Gasteiger partial charge in [0.25, 0.3) is 0 Å². The first kappa shape index (κ1) is 12.4. The average molecular weight is 227 g/mol. The van der Waals surface area contributed by atoms with Crippen LogP contribution in [0.4, 0.5) is 0 Å². The van der Waals surface area contributed by atoms with Gasteiger partial charge in [-0.05, 0) is 29.5 Å². The molecular weight excluding hydrogens is 208 g/mol. The van der Waals surface area contributed by atoms with Crippen LogP contribution in [-0.2, 0) is 5.41 Å². The minimum atomic E-state index is 0.132. The van der Waals surface area contributed by atoms with E-state index in [1.807, 2.05) is 12.1 Å². The molecule has 0 aliphatic rings. The van der Waals surface area contributed by atoms with Crippen molar-refractivity contribution >= 4 is 11.6 Å². The molecular formula is C13H19ClO. The Balaban J connectivity index is 2.88. The molecule has 0 radical (unpaired) electrons. The van der Waals surface area contributed by atoms with E-state index in [4.69, 9.17) is 16.3 Å². The highest BCUT2D eigenvalue weighted by Crippen LogP contribution is 2.31. The van der Waals surface area contributed by atoms with Gasteiger partial charge in [-0.2, -0.15) is 0 Å². The summed E-state index contributed by atoms with van der Waals surface area (Å²) in [5.41, 5.74) is 1.36. The van der Waals surface area contributed by atoms with Crippen LogP contribution in [0.5, 0.6) is 5.75 Å². The van der Waals surface area contributed by atoms with Crippen LogP contribution in [0.15, 0.2) is 18.2 Å². The lowest BCUT2D eigenvalue weighted by atomic mass is 9.87. The first-order chi connectivity index (χ1) is 6.95. The highest BCUT2D eigenvalue weighted by Gasteiger charge is 2.15. The quantitative estimate of drug-likeness (QED) is 0.741. The van der Waals surface area contributed by atoms with Crippen LogP contribution in [0.2, 0.25) is 5.02 Å². The minimum Gasteiger partial charge on any atom is -0.492 e. The summed E-state index contributed by atoms with van der Waals surface area (Å²) < 4.78 is 5.52. The maximum Gasteiger partial charge on any atom is 0.137 e. The fraction of sp³-hybridized carbons (Fsp3) is 0.538. The van der Waals surface area contributed by atoms with E-state index in [9.17, 15) is 0 Å². The van der Waals surface area contributed by atoms with E-state index in [0.29, 0.717) is 11.6 Å². The topological polar surface area (TPSA) is 9.23 Å². The molecule has 0 aliphatic heterocycles. The van der Waals surface area contributed by atoms with Crippen molar-refractivity contribution in [1.82, 2.24) is 0 Å². The fourth-order valence-electron chi connectivity index (χ4n) is 1.30. The third-order valence-electron chi connectivity index (χ3n) is 2.26. The molecule has 0 saturated carbocycles. The number of halogens is 1. The molecule has 0 N–H and O–H groups in total. The van der Waals surface area contributed by atoms with Crippen LogP contribution in [0, 0.1) is 0 Å². The van der Waals surface area contributed by atoms with Gasteiger partial charge in [-0.15, -0.1) is 0 Å². The van der Waals surface area contributed by atoms with Gasteiger partial charge in [0.1, 0.15) is 5.75 Å². The van der Waals surface area contributed by atoms with Gasteiger partial charge in [0.15, 0.2) is 0 Å². The number of benzene rings is 1. The summed E-state index contributed by atoms with van der Waals surface area (Å²) in [4.78, 5) is 0. The lowest BCUT2D eigenvalue weighted by Gasteiger charge is -2.20. The Labute approximate surface area is 97.4 Å². The summed E-state index contributed by atoms with van der Waals surface area (Å²) in [6, 6.07) is 6.03. The van der Waals surface area contributed by atoms with Crippen LogP contribution < -0.4 is 4.74 Å². The van der Waals surface area contributed by atoms with Crippen molar-refractivity contribution in [2.24, 2.45) is 0 Å². The zero-order valence-corrected chi connectivity index (χ0v) is 10.7. The predicted octanol–water partition coefficient (Wildman–Crippen LogP) is 4.43. The van der Waals surface area contributed by atoms with Crippen LogP contribution in [0.25, 0.3) is 0 Å². The molecule has 1 rings (SSSR count). The molecule has 0 unspecified atom stereocenters. The zero-order valence-electron chi connectivity index (χ0n) is 9.93. The van der Waals surface area contributed by atoms with E-state index in [0.717, 1.165) is 12.2 Å². The van der Waals surface area contributed by atoms with Crippen molar-refractivity contribution in [3.63, 3.8) is 0 Å². The summed E-state index contributed by atoms with van der Waals surface area (Å²) in [6.45, 7) is 9.31. The van der Waals surface area contributed by atoms with E-state index in [1.54, 1.807) is 0 Å². The normalized spacial score (nSPS) is 11.5. The van der Waals surface area contributed by atoms with Crippen molar-refractivity contribution < 1.29 is 4.74 Å². The maximum absolute atomic E-state index is 6.15. The number of rotatable bonds is 3. The maximum atomic E-state index is 6.15. The van der Waals surface area contributed by atoms with E-state index in [2.05, 4.69) is 33.8 Å². The van der Waals surface area contributed by atoms with Crippen molar-refractivity contribution in [3.8, 4) is 5.75 Å². The van der Waals surface area contributed by atoms with Gasteiger partial charge in [0, 0.05) is 0 Å². The van der Waals surface area contributed by atoms with Crippen molar-refractivity contribution in [2.75, 3.05) is 6.61 Å². The standard InChI is InChI=1S/C13H19ClO/c1-5-8-15-12-7-6-10(9-11(12)14)13(2,3)4/h6-7,9H,5,8H2,1-4H3. The van der Waals surface area contributed by atoms with Gasteiger partial charge < -0.3 is 4.74 Å². The molecule has 0 fully saturated rings. The van der Waals surface area contributed by atoms with Gasteiger partial charge in [-0.25, -0.2) is 0 Å². The number of ether oxygens (including phenoxy) is 1. The molecule has 0 atom stereocenters. The Hall–Kier alpha value is -0.690. The van der Waals surface area contributed by atoms with E-state index < -0.39 is 0 Å². The van der Waals surface area contributed by atoms with Gasteiger partial charge in [-0.1, -0.05) is 45.4 Å². The molecule has 1 aromatic carbocycles. The molecule has 1 nitrogen and oxygen atoms in total. The largest absolute Gasteiger partial charge is 0.492 e. The van der Waals surface area contributed by atoms with Crippen LogP contribution in [-0.4, -0.2) is 6.61 Å². The molecule has 2 heteroatoms. The van der Waals surface area contributed by atoms with Gasteiger partial charge in [-0.3, -0.25) is 0 Å². The van der Waals surface area contributed by atoms with E-state index in [-0.39, 0.29) is 5.41 Å². The Kier molecular flexibility index (Phi) is 4.04. The molecule has 0 aliphatic carbocycles. The Morgan fingerprint density at radius 3 is 2.40 bits per heavy atom. The van der Waals surface area contributed by atoms with Gasteiger partial charge in [0.2, 0.25) is 0 Å². The summed E-state index contributed by atoms with van der Waals surface area (Å²) >= 11 is 6.15. The second kappa shape index (κ2) is 4.89. The molecule has 0 bridgehead atoms. The van der Waals surface area contributed by atoms with Gasteiger partial charge in [0.05, 0.1) is 11.6 Å². The van der Waals surface area contributed by atoms with Crippen LogP contribution >= 0.6 is 11.6 Å². The third kappa shape index (κ3) is 3.42. The van der Waals surface area contributed by atoms with Gasteiger partial charge >= 0.3 is 0 Å². The number of hydrogen-bond acceptors (Lipinski definition) is 1. The molecule has 84 valence electrons. The monoisotopic (exact) mass is 226 g/mol. The minimum absolute atomic E-state index is 0.132. The molecule has 0 saturated heterocycles. The van der Waals surface area contributed by atoms with E-state index >= 15 is 0 Å². The average Bonchev–Trinajstić information content (AvgIpc) is 2.14. The molecule has 1 aromatic rings. The summed E-state index contributed by atoms with van der Waals surface area (Å²) in [5.74, 6) is 0.784. The second-order valence-electron chi connectivity index (χ2n) is 4.74. The highest BCUT2D eigenvalue weighted by atomic mass is 35.5. The predicted molar refractivity (Wildman–Crippen MR) is 65.9 cm³/mol. The molecule has 0 spiro atoms. The molecule has 0 aromatic heterocycles. The fourth-order valence-corrected chi connectivity index (χ4v) is 1.53. The lowest BCUT2D eigenvalue weighted by molar-refractivity contribution is 0.317. The first-order valence-corrected chi connectivity index (χ1v) is 5.75. The van der Waals surface area contributed by atoms with Crippen molar-refractivity contribution in [3.05, 3.63) is 28.8 Å². The molecule has 0 amide bonds. The second-order valence-corrected chi connectivity index (χ2v) is 5.15. The summed E-state index contributed by atoms with van der Waals surface area (Å²) in [6.07, 6.45) is 0.997. The first-order valence-electron chi connectivity index (χ1n) is 5.38. The lowest BCUT2D eigenvalue weighted by Crippen LogP contribution is -2.10. The van der Waals surface area contributed by atoms with Crippen LogP contribution in [0.1, 0.15) is 39.7 Å². The SMILES string of the molecule is CCCOc1ccc(C(C)(C)C)cc1Cl. The van der Waals surface area contributed by atoms with Crippen LogP contribution in [0.3, 0.4) is 0 Å². The van der Waals surface area contributed by atoms with Crippen molar-refractivity contribution in [1.29, 1.82) is 0 Å². The Morgan fingerprint density at radius 2 is 1.93 bits per heavy atom. The highest BCUT2D eigenvalue weighted by molar-refractivity contribution is 6.32. The van der Waals surface area contributed by atoms with Crippen molar-refractivity contribution in [2.45, 2.75) is 39.5 Å². The Morgan fingerprint density at radius 1 is 1.27 bits per heavy atom. The summed E-state index contributed by atoms with van der Waals surface area (Å²) in [7, 11) is 0. The molecule has 15 heavy (non-hydrogen) atoms. The summed E-state index contributed by atoms with van der Waals surface area (Å²) in [5, 5.41) is 0.705. The third-order valence-corrected chi connectivity index (χ3v) is 2.55. The Bertz CT molecular complexity index is 326. The smallest absolute Gasteiger partial charge is 0.137 e. The van der Waals surface area contributed by atoms with E-state index in [1.165, 1.54) is 5.56 Å². The zero-order chi connectivity index (χ0) is 11.5. The molecule has 0 heterocycles.